The zero-order valence-electron chi connectivity index (χ0n) is 11.2. The van der Waals surface area contributed by atoms with Crippen LogP contribution in [-0.4, -0.2) is 17.9 Å². The fraction of sp³-hybridized carbons (Fsp3) is 0.286. The molecular weight excluding hydrogens is 244 g/mol. The topological polar surface area (TPSA) is 78.4 Å². The number of benzene rings is 1. The summed E-state index contributed by atoms with van der Waals surface area (Å²) in [4.78, 5) is 15.6. The van der Waals surface area contributed by atoms with Gasteiger partial charge in [0.25, 0.3) is 6.01 Å². The van der Waals surface area contributed by atoms with E-state index in [0.717, 1.165) is 23.3 Å². The summed E-state index contributed by atoms with van der Waals surface area (Å²) in [5.74, 6) is 0.796. The molecule has 0 radical (unpaired) electrons. The van der Waals surface area contributed by atoms with E-state index in [2.05, 4.69) is 4.98 Å². The maximum Gasteiger partial charge on any atom is 0.293 e. The molecule has 0 fully saturated rings. The number of aromatic nitrogens is 1. The van der Waals surface area contributed by atoms with Gasteiger partial charge in [-0.2, -0.15) is 4.98 Å². The third-order valence-corrected chi connectivity index (χ3v) is 2.90. The molecule has 1 heterocycles. The van der Waals surface area contributed by atoms with Gasteiger partial charge < -0.3 is 14.9 Å². The van der Waals surface area contributed by atoms with Crippen molar-refractivity contribution >= 4 is 11.8 Å². The predicted molar refractivity (Wildman–Crippen MR) is 72.3 cm³/mol. The first kappa shape index (κ1) is 13.1. The van der Waals surface area contributed by atoms with E-state index < -0.39 is 0 Å². The molecule has 2 rings (SSSR count). The van der Waals surface area contributed by atoms with Crippen molar-refractivity contribution in [2.24, 2.45) is 0 Å². The summed E-state index contributed by atoms with van der Waals surface area (Å²) < 4.78 is 10.4. The molecule has 1 aromatic carbocycles. The molecule has 5 nitrogen and oxygen atoms in total. The van der Waals surface area contributed by atoms with Gasteiger partial charge in [0, 0.05) is 12.5 Å². The Morgan fingerprint density at radius 1 is 1.47 bits per heavy atom. The van der Waals surface area contributed by atoms with E-state index >= 15 is 0 Å². The number of nitrogens with zero attached hydrogens (tertiary/aromatic N) is 1. The first-order valence-electron chi connectivity index (χ1n) is 6.01. The number of carbonyl (C=O) groups excluding carboxylic acids is 1. The van der Waals surface area contributed by atoms with Gasteiger partial charge in [-0.3, -0.25) is 4.79 Å². The van der Waals surface area contributed by atoms with Gasteiger partial charge >= 0.3 is 0 Å². The second kappa shape index (κ2) is 5.14. The molecule has 100 valence electrons. The van der Waals surface area contributed by atoms with Crippen LogP contribution in [0, 0.1) is 0 Å². The Bertz CT molecular complexity index is 617. The molecule has 0 atom stereocenters. The van der Waals surface area contributed by atoms with Crippen molar-refractivity contribution < 1.29 is 13.9 Å². The highest BCUT2D eigenvalue weighted by molar-refractivity contribution is 5.97. The Morgan fingerprint density at radius 2 is 2.21 bits per heavy atom. The quantitative estimate of drug-likeness (QED) is 0.855. The van der Waals surface area contributed by atoms with Crippen LogP contribution in [0.1, 0.15) is 30.0 Å². The zero-order chi connectivity index (χ0) is 14.0. The number of nitrogen functional groups attached to an aromatic ring is 1. The van der Waals surface area contributed by atoms with Gasteiger partial charge in [0.15, 0.2) is 11.5 Å². The third kappa shape index (κ3) is 2.45. The minimum Gasteiger partial charge on any atom is -0.496 e. The SMILES string of the molecule is CCc1cc(-c2nc(N)oc2C(C)=O)ccc1OC. The van der Waals surface area contributed by atoms with E-state index in [1.165, 1.54) is 6.92 Å². The van der Waals surface area contributed by atoms with E-state index in [1.54, 1.807) is 7.11 Å². The highest BCUT2D eigenvalue weighted by atomic mass is 16.5. The molecule has 19 heavy (non-hydrogen) atoms. The normalized spacial score (nSPS) is 10.5. The van der Waals surface area contributed by atoms with Gasteiger partial charge in [-0.15, -0.1) is 0 Å². The number of carbonyl (C=O) groups is 1. The Labute approximate surface area is 111 Å². The summed E-state index contributed by atoms with van der Waals surface area (Å²) in [5.41, 5.74) is 7.83. The monoisotopic (exact) mass is 260 g/mol. The second-order valence-electron chi connectivity index (χ2n) is 4.17. The summed E-state index contributed by atoms with van der Waals surface area (Å²) in [6.45, 7) is 3.46. The van der Waals surface area contributed by atoms with E-state index in [4.69, 9.17) is 14.9 Å². The summed E-state index contributed by atoms with van der Waals surface area (Å²) in [5, 5.41) is 0. The highest BCUT2D eigenvalue weighted by Crippen LogP contribution is 2.30. The Kier molecular flexibility index (Phi) is 3.55. The number of nitrogens with two attached hydrogens (primary N) is 1. The van der Waals surface area contributed by atoms with Crippen LogP contribution >= 0.6 is 0 Å². The fourth-order valence-electron chi connectivity index (χ4n) is 1.97. The number of ether oxygens (including phenoxy) is 1. The first-order valence-corrected chi connectivity index (χ1v) is 6.01. The minimum absolute atomic E-state index is 0.00549. The number of hydrogen-bond donors (Lipinski definition) is 1. The van der Waals surface area contributed by atoms with Gasteiger partial charge in [-0.1, -0.05) is 6.92 Å². The van der Waals surface area contributed by atoms with Crippen LogP contribution in [0.15, 0.2) is 22.6 Å². The molecule has 0 spiro atoms. The molecule has 0 saturated heterocycles. The van der Waals surface area contributed by atoms with Crippen molar-refractivity contribution in [3.05, 3.63) is 29.5 Å². The molecule has 0 aliphatic carbocycles. The zero-order valence-corrected chi connectivity index (χ0v) is 11.2. The number of methoxy groups -OCH3 is 1. The van der Waals surface area contributed by atoms with E-state index in [-0.39, 0.29) is 17.6 Å². The molecule has 2 N–H and O–H groups in total. The Hall–Kier alpha value is -2.30. The molecule has 0 aliphatic rings. The summed E-state index contributed by atoms with van der Waals surface area (Å²) in [6.07, 6.45) is 0.819. The van der Waals surface area contributed by atoms with Crippen molar-refractivity contribution in [1.29, 1.82) is 0 Å². The molecule has 0 aliphatic heterocycles. The molecular formula is C14H16N2O3. The van der Waals surface area contributed by atoms with Gasteiger partial charge in [-0.25, -0.2) is 0 Å². The van der Waals surface area contributed by atoms with Gasteiger partial charge in [0.1, 0.15) is 11.4 Å². The highest BCUT2D eigenvalue weighted by Gasteiger charge is 2.18. The van der Waals surface area contributed by atoms with Crippen LogP contribution in [0.4, 0.5) is 6.01 Å². The predicted octanol–water partition coefficient (Wildman–Crippen LogP) is 2.70. The standard InChI is InChI=1S/C14H16N2O3/c1-4-9-7-10(5-6-11(9)18-3)12-13(8(2)17)19-14(15)16-12/h5-7H,4H2,1-3H3,(H2,15,16). The molecule has 0 amide bonds. The summed E-state index contributed by atoms with van der Waals surface area (Å²) in [6, 6.07) is 5.61. The van der Waals surface area contributed by atoms with Gasteiger partial charge in [0.2, 0.25) is 0 Å². The molecule has 0 saturated carbocycles. The molecule has 0 bridgehead atoms. The summed E-state index contributed by atoms with van der Waals surface area (Å²) in [7, 11) is 1.63. The van der Waals surface area contributed by atoms with Gasteiger partial charge in [0.05, 0.1) is 7.11 Å². The molecule has 2 aromatic rings. The van der Waals surface area contributed by atoms with Crippen LogP contribution in [0.25, 0.3) is 11.3 Å². The summed E-state index contributed by atoms with van der Waals surface area (Å²) >= 11 is 0. The van der Waals surface area contributed by atoms with Crippen LogP contribution in [0.2, 0.25) is 0 Å². The smallest absolute Gasteiger partial charge is 0.293 e. The Balaban J connectivity index is 2.56. The molecule has 1 aromatic heterocycles. The largest absolute Gasteiger partial charge is 0.496 e. The average molecular weight is 260 g/mol. The maximum absolute atomic E-state index is 11.5. The number of oxazole rings is 1. The Morgan fingerprint density at radius 3 is 2.79 bits per heavy atom. The lowest BCUT2D eigenvalue weighted by atomic mass is 10.0. The third-order valence-electron chi connectivity index (χ3n) is 2.90. The lowest BCUT2D eigenvalue weighted by molar-refractivity contribution is 0.0989. The van der Waals surface area contributed by atoms with Crippen LogP contribution in [0.3, 0.4) is 0 Å². The van der Waals surface area contributed by atoms with Crippen molar-refractivity contribution in [1.82, 2.24) is 4.98 Å². The first-order chi connectivity index (χ1) is 9.06. The van der Waals surface area contributed by atoms with Gasteiger partial charge in [-0.05, 0) is 30.2 Å². The lowest BCUT2D eigenvalue weighted by Crippen LogP contribution is -1.95. The number of ketones is 1. The number of aryl methyl sites for hydroxylation is 1. The van der Waals surface area contributed by atoms with Crippen LogP contribution < -0.4 is 10.5 Å². The van der Waals surface area contributed by atoms with Crippen molar-refractivity contribution in [3.8, 4) is 17.0 Å². The number of hydrogen-bond acceptors (Lipinski definition) is 5. The number of Topliss-reactive ketones (excluding diaryl/α,β-unsaturated/α-hetero) is 1. The van der Waals surface area contributed by atoms with E-state index in [9.17, 15) is 4.79 Å². The van der Waals surface area contributed by atoms with E-state index in [0.29, 0.717) is 5.69 Å². The minimum atomic E-state index is -0.201. The number of anilines is 1. The van der Waals surface area contributed by atoms with E-state index in [1.807, 2.05) is 25.1 Å². The second-order valence-corrected chi connectivity index (χ2v) is 4.17. The van der Waals surface area contributed by atoms with Crippen LogP contribution in [-0.2, 0) is 6.42 Å². The van der Waals surface area contributed by atoms with Crippen molar-refractivity contribution in [2.75, 3.05) is 12.8 Å². The average Bonchev–Trinajstić information content (AvgIpc) is 2.80. The van der Waals surface area contributed by atoms with Crippen molar-refractivity contribution in [2.45, 2.75) is 20.3 Å². The van der Waals surface area contributed by atoms with Crippen LogP contribution in [0.5, 0.6) is 5.75 Å². The molecule has 5 heteroatoms. The molecule has 0 unspecified atom stereocenters. The fourth-order valence-corrected chi connectivity index (χ4v) is 1.97. The lowest BCUT2D eigenvalue weighted by Gasteiger charge is -2.08. The maximum atomic E-state index is 11.5. The number of rotatable bonds is 4. The van der Waals surface area contributed by atoms with Crippen molar-refractivity contribution in [3.63, 3.8) is 0 Å².